The summed E-state index contributed by atoms with van der Waals surface area (Å²) < 4.78 is 0. The van der Waals surface area contributed by atoms with Gasteiger partial charge >= 0.3 is 0 Å². The molecule has 0 bridgehead atoms. The minimum absolute atomic E-state index is 0.966. The van der Waals surface area contributed by atoms with E-state index in [0.717, 1.165) is 11.8 Å². The lowest BCUT2D eigenvalue weighted by molar-refractivity contribution is 0.393. The molecule has 22 heavy (non-hydrogen) atoms. The summed E-state index contributed by atoms with van der Waals surface area (Å²) in [6.07, 6.45) is 23.2. The minimum atomic E-state index is 0.966. The largest absolute Gasteiger partial charge is 0.0654 e. The fourth-order valence-electron chi connectivity index (χ4n) is 3.66. The van der Waals surface area contributed by atoms with Gasteiger partial charge in [-0.15, -0.1) is 0 Å². The lowest BCUT2D eigenvalue weighted by Crippen LogP contribution is -1.99. The van der Waals surface area contributed by atoms with E-state index in [9.17, 15) is 0 Å². The second kappa shape index (κ2) is 17.4. The topological polar surface area (TPSA) is 0 Å². The van der Waals surface area contributed by atoms with Crippen molar-refractivity contribution in [3.05, 3.63) is 0 Å². The van der Waals surface area contributed by atoms with Gasteiger partial charge in [0.25, 0.3) is 0 Å². The Morgan fingerprint density at radius 3 is 1.55 bits per heavy atom. The maximum atomic E-state index is 2.48. The molecule has 0 aliphatic heterocycles. The van der Waals surface area contributed by atoms with Crippen LogP contribution in [-0.2, 0) is 0 Å². The second-order valence-corrected chi connectivity index (χ2v) is 7.72. The molecule has 0 rings (SSSR count). The van der Waals surface area contributed by atoms with Crippen molar-refractivity contribution in [2.45, 2.75) is 130 Å². The molecule has 0 aromatic carbocycles. The van der Waals surface area contributed by atoms with Crippen LogP contribution in [0.4, 0.5) is 0 Å². The van der Waals surface area contributed by atoms with Gasteiger partial charge in [-0.05, 0) is 11.8 Å². The molecule has 0 aliphatic rings. The van der Waals surface area contributed by atoms with Gasteiger partial charge in [0.1, 0.15) is 0 Å². The molecule has 0 amide bonds. The van der Waals surface area contributed by atoms with Crippen molar-refractivity contribution in [2.24, 2.45) is 11.8 Å². The Morgan fingerprint density at radius 1 is 0.500 bits per heavy atom. The fourth-order valence-corrected chi connectivity index (χ4v) is 3.66. The monoisotopic (exact) mass is 310 g/mol. The maximum absolute atomic E-state index is 2.48. The molecule has 0 radical (unpaired) electrons. The van der Waals surface area contributed by atoms with E-state index in [-0.39, 0.29) is 0 Å². The highest BCUT2D eigenvalue weighted by Crippen LogP contribution is 2.21. The number of hydrogen-bond acceptors (Lipinski definition) is 0. The van der Waals surface area contributed by atoms with Crippen molar-refractivity contribution in [1.82, 2.24) is 0 Å². The highest BCUT2D eigenvalue weighted by Gasteiger charge is 2.05. The molecule has 0 nitrogen and oxygen atoms in total. The van der Waals surface area contributed by atoms with Crippen molar-refractivity contribution in [1.29, 1.82) is 0 Å². The maximum Gasteiger partial charge on any atom is -0.0417 e. The van der Waals surface area contributed by atoms with Crippen LogP contribution in [0.15, 0.2) is 0 Å². The van der Waals surface area contributed by atoms with E-state index in [0.29, 0.717) is 0 Å². The summed E-state index contributed by atoms with van der Waals surface area (Å²) >= 11 is 0. The van der Waals surface area contributed by atoms with Gasteiger partial charge in [0, 0.05) is 0 Å². The predicted octanol–water partition coefficient (Wildman–Crippen LogP) is 8.54. The number of hydrogen-bond donors (Lipinski definition) is 0. The van der Waals surface area contributed by atoms with Crippen LogP contribution >= 0.6 is 0 Å². The van der Waals surface area contributed by atoms with Gasteiger partial charge in [0.05, 0.1) is 0 Å². The summed E-state index contributed by atoms with van der Waals surface area (Å²) in [6.45, 7) is 9.47. The summed E-state index contributed by atoms with van der Waals surface area (Å²) in [7, 11) is 0. The van der Waals surface area contributed by atoms with E-state index in [1.54, 1.807) is 0 Å². The molecule has 0 aromatic heterocycles. The SMILES string of the molecule is CCCCCCCCCC(C)CCCCCC(CC)CCC. The third-order valence-corrected chi connectivity index (χ3v) is 5.38. The van der Waals surface area contributed by atoms with Gasteiger partial charge in [-0.2, -0.15) is 0 Å². The van der Waals surface area contributed by atoms with E-state index in [1.165, 1.54) is 103 Å². The first-order valence-corrected chi connectivity index (χ1v) is 10.7. The van der Waals surface area contributed by atoms with Crippen LogP contribution in [0.1, 0.15) is 130 Å². The van der Waals surface area contributed by atoms with Crippen LogP contribution in [0.25, 0.3) is 0 Å². The Labute approximate surface area is 142 Å². The minimum Gasteiger partial charge on any atom is -0.0654 e. The van der Waals surface area contributed by atoms with E-state index in [2.05, 4.69) is 27.7 Å². The first-order chi connectivity index (χ1) is 10.7. The van der Waals surface area contributed by atoms with E-state index < -0.39 is 0 Å². The summed E-state index contributed by atoms with van der Waals surface area (Å²) in [5, 5.41) is 0. The summed E-state index contributed by atoms with van der Waals surface area (Å²) in [5.41, 5.74) is 0. The highest BCUT2D eigenvalue weighted by atomic mass is 14.1. The molecular formula is C22H46. The molecule has 0 heteroatoms. The molecule has 2 unspecified atom stereocenters. The first-order valence-electron chi connectivity index (χ1n) is 10.7. The zero-order valence-electron chi connectivity index (χ0n) is 16.5. The van der Waals surface area contributed by atoms with Crippen LogP contribution in [0.5, 0.6) is 0 Å². The Kier molecular flexibility index (Phi) is 17.4. The molecular weight excluding hydrogens is 264 g/mol. The van der Waals surface area contributed by atoms with Gasteiger partial charge in [-0.1, -0.05) is 130 Å². The van der Waals surface area contributed by atoms with Crippen molar-refractivity contribution in [3.63, 3.8) is 0 Å². The lowest BCUT2D eigenvalue weighted by atomic mass is 9.92. The summed E-state index contributed by atoms with van der Waals surface area (Å²) in [5.74, 6) is 1.98. The van der Waals surface area contributed by atoms with Crippen molar-refractivity contribution < 1.29 is 0 Å². The highest BCUT2D eigenvalue weighted by molar-refractivity contribution is 4.59. The van der Waals surface area contributed by atoms with E-state index in [1.807, 2.05) is 0 Å². The van der Waals surface area contributed by atoms with Crippen LogP contribution in [0.3, 0.4) is 0 Å². The van der Waals surface area contributed by atoms with Gasteiger partial charge in [0.15, 0.2) is 0 Å². The van der Waals surface area contributed by atoms with Crippen molar-refractivity contribution >= 4 is 0 Å². The van der Waals surface area contributed by atoms with Crippen LogP contribution < -0.4 is 0 Å². The van der Waals surface area contributed by atoms with Crippen molar-refractivity contribution in [3.8, 4) is 0 Å². The fraction of sp³-hybridized carbons (Fsp3) is 1.00. The summed E-state index contributed by atoms with van der Waals surface area (Å²) in [4.78, 5) is 0. The average Bonchev–Trinajstić information content (AvgIpc) is 2.52. The molecule has 0 saturated heterocycles. The normalized spacial score (nSPS) is 14.2. The first kappa shape index (κ1) is 22.0. The standard InChI is InChI=1S/C22H46/c1-5-8-9-10-11-12-14-18-21(4)19-15-13-16-20-22(7-3)17-6-2/h21-22H,5-20H2,1-4H3. The average molecular weight is 311 g/mol. The Morgan fingerprint density at radius 2 is 1.00 bits per heavy atom. The lowest BCUT2D eigenvalue weighted by Gasteiger charge is -2.14. The van der Waals surface area contributed by atoms with Gasteiger partial charge in [-0.3, -0.25) is 0 Å². The zero-order valence-corrected chi connectivity index (χ0v) is 16.5. The Balaban J connectivity index is 3.30. The molecule has 0 aromatic rings. The number of rotatable bonds is 17. The van der Waals surface area contributed by atoms with Gasteiger partial charge in [0.2, 0.25) is 0 Å². The Bertz CT molecular complexity index is 196. The van der Waals surface area contributed by atoms with Crippen LogP contribution in [0, 0.1) is 11.8 Å². The van der Waals surface area contributed by atoms with Crippen LogP contribution in [-0.4, -0.2) is 0 Å². The molecule has 134 valence electrons. The quantitative estimate of drug-likeness (QED) is 0.236. The van der Waals surface area contributed by atoms with Crippen molar-refractivity contribution in [2.75, 3.05) is 0 Å². The second-order valence-electron chi connectivity index (χ2n) is 7.72. The third kappa shape index (κ3) is 14.9. The molecule has 0 aliphatic carbocycles. The van der Waals surface area contributed by atoms with E-state index in [4.69, 9.17) is 0 Å². The number of unbranched alkanes of at least 4 members (excludes halogenated alkanes) is 8. The predicted molar refractivity (Wildman–Crippen MR) is 104 cm³/mol. The van der Waals surface area contributed by atoms with Gasteiger partial charge in [-0.25, -0.2) is 0 Å². The molecule has 0 heterocycles. The third-order valence-electron chi connectivity index (χ3n) is 5.38. The molecule has 0 saturated carbocycles. The van der Waals surface area contributed by atoms with E-state index >= 15 is 0 Å². The molecule has 2 atom stereocenters. The molecule has 0 spiro atoms. The summed E-state index contributed by atoms with van der Waals surface area (Å²) in [6, 6.07) is 0. The van der Waals surface area contributed by atoms with Gasteiger partial charge < -0.3 is 0 Å². The van der Waals surface area contributed by atoms with Crippen LogP contribution in [0.2, 0.25) is 0 Å². The molecule has 0 N–H and O–H groups in total. The zero-order chi connectivity index (χ0) is 16.5. The smallest absolute Gasteiger partial charge is 0.0417 e. The molecule has 0 fully saturated rings. The Hall–Kier alpha value is 0.